The fourth-order valence-corrected chi connectivity index (χ4v) is 5.97. The Morgan fingerprint density at radius 1 is 1.02 bits per heavy atom. The molecule has 3 rings (SSSR count). The van der Waals surface area contributed by atoms with Crippen molar-refractivity contribution >= 4 is 33.7 Å². The summed E-state index contributed by atoms with van der Waals surface area (Å²) in [7, 11) is 0. The van der Waals surface area contributed by atoms with Gasteiger partial charge in [0.05, 0.1) is 11.5 Å². The first kappa shape index (κ1) is 32.2. The van der Waals surface area contributed by atoms with Crippen LogP contribution < -0.4 is 16.8 Å². The molecule has 0 saturated carbocycles. The van der Waals surface area contributed by atoms with Crippen molar-refractivity contribution in [1.82, 2.24) is 10.2 Å². The van der Waals surface area contributed by atoms with Crippen LogP contribution in [-0.2, 0) is 27.3 Å². The lowest BCUT2D eigenvalue weighted by atomic mass is 9.63. The quantitative estimate of drug-likeness (QED) is 0.240. The molecule has 3 atom stereocenters. The molecular formula is C32H41BrN4O4. The molecule has 3 amide bonds. The molecule has 0 radical (unpaired) electrons. The molecule has 0 saturated heterocycles. The van der Waals surface area contributed by atoms with Crippen LogP contribution in [0.15, 0.2) is 82.4 Å². The van der Waals surface area contributed by atoms with Crippen molar-refractivity contribution in [3.8, 4) is 0 Å². The van der Waals surface area contributed by atoms with Crippen LogP contribution in [0.1, 0.15) is 44.2 Å². The van der Waals surface area contributed by atoms with E-state index in [0.29, 0.717) is 19.6 Å². The van der Waals surface area contributed by atoms with Crippen molar-refractivity contribution in [2.24, 2.45) is 22.8 Å². The molecule has 0 spiro atoms. The first-order valence-corrected chi connectivity index (χ1v) is 14.9. The molecule has 6 N–H and O–H groups in total. The van der Waals surface area contributed by atoms with Gasteiger partial charge < -0.3 is 26.8 Å². The summed E-state index contributed by atoms with van der Waals surface area (Å²) in [4.78, 5) is 41.4. The van der Waals surface area contributed by atoms with Gasteiger partial charge in [-0.15, -0.1) is 0 Å². The summed E-state index contributed by atoms with van der Waals surface area (Å²) in [6.07, 6.45) is 3.64. The minimum absolute atomic E-state index is 0.0371. The lowest BCUT2D eigenvalue weighted by Gasteiger charge is -2.42. The number of nitrogens with zero attached hydrogens (tertiary/aromatic N) is 1. The molecule has 220 valence electrons. The summed E-state index contributed by atoms with van der Waals surface area (Å²) < 4.78 is 0.848. The lowest BCUT2D eigenvalue weighted by Crippen LogP contribution is -2.52. The van der Waals surface area contributed by atoms with E-state index < -0.39 is 29.3 Å². The summed E-state index contributed by atoms with van der Waals surface area (Å²) in [5, 5.41) is 14.9. The van der Waals surface area contributed by atoms with Gasteiger partial charge in [-0.25, -0.2) is 0 Å². The monoisotopic (exact) mass is 624 g/mol. The van der Waals surface area contributed by atoms with Crippen LogP contribution in [-0.4, -0.2) is 53.5 Å². The highest BCUT2D eigenvalue weighted by atomic mass is 79.9. The maximum atomic E-state index is 13.7. The van der Waals surface area contributed by atoms with Crippen LogP contribution in [0.25, 0.3) is 0 Å². The molecular weight excluding hydrogens is 584 g/mol. The zero-order chi connectivity index (χ0) is 30.0. The Hall–Kier alpha value is -3.27. The normalized spacial score (nSPS) is 18.1. The van der Waals surface area contributed by atoms with E-state index in [9.17, 15) is 19.5 Å². The second kappa shape index (κ2) is 15.1. The number of amides is 3. The Balaban J connectivity index is 2.04. The van der Waals surface area contributed by atoms with Crippen molar-refractivity contribution in [3.63, 3.8) is 0 Å². The van der Waals surface area contributed by atoms with Crippen molar-refractivity contribution in [1.29, 1.82) is 0 Å². The number of carbonyl (C=O) groups is 3. The fraction of sp³-hybridized carbons (Fsp3) is 0.406. The average molecular weight is 626 g/mol. The van der Waals surface area contributed by atoms with Gasteiger partial charge in [0.15, 0.2) is 0 Å². The summed E-state index contributed by atoms with van der Waals surface area (Å²) in [5.41, 5.74) is 12.6. The SMILES string of the molecule is CCCN(CCC)C(=O)C1=CC(C(N)=O)=CC(C(N)=O)([C@H](Cc2cccc(Br)c2)[C@@H](O)CNCc2ccccc2)C1. The van der Waals surface area contributed by atoms with Gasteiger partial charge in [-0.2, -0.15) is 0 Å². The third-order valence-electron chi connectivity index (χ3n) is 7.51. The van der Waals surface area contributed by atoms with Crippen molar-refractivity contribution in [2.45, 2.75) is 52.2 Å². The van der Waals surface area contributed by atoms with Crippen LogP contribution in [0.2, 0.25) is 0 Å². The van der Waals surface area contributed by atoms with E-state index in [-0.39, 0.29) is 36.4 Å². The number of primary amides is 2. The number of benzene rings is 2. The molecule has 0 heterocycles. The van der Waals surface area contributed by atoms with Gasteiger partial charge >= 0.3 is 0 Å². The average Bonchev–Trinajstić information content (AvgIpc) is 2.95. The topological polar surface area (TPSA) is 139 Å². The maximum Gasteiger partial charge on any atom is 0.249 e. The third kappa shape index (κ3) is 8.38. The second-order valence-electron chi connectivity index (χ2n) is 10.6. The number of halogens is 1. The molecule has 1 unspecified atom stereocenters. The van der Waals surface area contributed by atoms with Gasteiger partial charge in [-0.1, -0.05) is 78.3 Å². The summed E-state index contributed by atoms with van der Waals surface area (Å²) in [5.74, 6) is -2.52. The molecule has 0 fully saturated rings. The van der Waals surface area contributed by atoms with Crippen LogP contribution in [0, 0.1) is 11.3 Å². The van der Waals surface area contributed by atoms with Crippen LogP contribution in [0.3, 0.4) is 0 Å². The number of carbonyl (C=O) groups excluding carboxylic acids is 3. The maximum absolute atomic E-state index is 13.7. The largest absolute Gasteiger partial charge is 0.391 e. The minimum Gasteiger partial charge on any atom is -0.391 e. The Bertz CT molecular complexity index is 1270. The zero-order valence-corrected chi connectivity index (χ0v) is 25.4. The molecule has 0 aromatic heterocycles. The Morgan fingerprint density at radius 3 is 2.27 bits per heavy atom. The van der Waals surface area contributed by atoms with Crippen molar-refractivity contribution < 1.29 is 19.5 Å². The van der Waals surface area contributed by atoms with Crippen LogP contribution >= 0.6 is 15.9 Å². The molecule has 0 aliphatic heterocycles. The number of rotatable bonds is 15. The van der Waals surface area contributed by atoms with Gasteiger partial charge in [0, 0.05) is 47.7 Å². The number of hydrogen-bond acceptors (Lipinski definition) is 5. The number of nitrogens with one attached hydrogen (secondary N) is 1. The number of aliphatic hydroxyl groups excluding tert-OH is 1. The molecule has 1 aliphatic carbocycles. The van der Waals surface area contributed by atoms with E-state index >= 15 is 0 Å². The van der Waals surface area contributed by atoms with E-state index in [1.54, 1.807) is 4.90 Å². The van der Waals surface area contributed by atoms with E-state index in [1.165, 1.54) is 12.2 Å². The highest BCUT2D eigenvalue weighted by Gasteiger charge is 2.49. The van der Waals surface area contributed by atoms with Crippen molar-refractivity contribution in [2.75, 3.05) is 19.6 Å². The van der Waals surface area contributed by atoms with Gasteiger partial charge in [0.2, 0.25) is 17.7 Å². The molecule has 2 aromatic carbocycles. The summed E-state index contributed by atoms with van der Waals surface area (Å²) in [6, 6.07) is 17.4. The first-order valence-electron chi connectivity index (χ1n) is 14.1. The smallest absolute Gasteiger partial charge is 0.249 e. The van der Waals surface area contributed by atoms with Gasteiger partial charge in [-0.3, -0.25) is 14.4 Å². The van der Waals surface area contributed by atoms with Crippen LogP contribution in [0.5, 0.6) is 0 Å². The predicted molar refractivity (Wildman–Crippen MR) is 164 cm³/mol. The number of nitrogens with two attached hydrogens (primary N) is 2. The molecule has 0 bridgehead atoms. The number of aliphatic hydroxyl groups is 1. The molecule has 1 aliphatic rings. The Kier molecular flexibility index (Phi) is 11.9. The first-order chi connectivity index (χ1) is 19.6. The van der Waals surface area contributed by atoms with E-state index in [4.69, 9.17) is 11.5 Å². The van der Waals surface area contributed by atoms with Gasteiger partial charge in [-0.05, 0) is 55.0 Å². The van der Waals surface area contributed by atoms with Crippen LogP contribution in [0.4, 0.5) is 0 Å². The van der Waals surface area contributed by atoms with E-state index in [1.807, 2.05) is 68.4 Å². The second-order valence-corrected chi connectivity index (χ2v) is 11.5. The zero-order valence-electron chi connectivity index (χ0n) is 23.8. The lowest BCUT2D eigenvalue weighted by molar-refractivity contribution is -0.132. The highest BCUT2D eigenvalue weighted by molar-refractivity contribution is 9.10. The summed E-state index contributed by atoms with van der Waals surface area (Å²) in [6.45, 7) is 5.72. The minimum atomic E-state index is -1.54. The highest BCUT2D eigenvalue weighted by Crippen LogP contribution is 2.44. The Labute approximate surface area is 251 Å². The van der Waals surface area contributed by atoms with E-state index in [2.05, 4.69) is 21.2 Å². The van der Waals surface area contributed by atoms with E-state index in [0.717, 1.165) is 28.4 Å². The summed E-state index contributed by atoms with van der Waals surface area (Å²) >= 11 is 3.50. The standard InChI is InChI=1S/C32H41BrN4O4/c1-3-13-37(14-4-2)30(40)25-17-24(29(34)39)18-32(19-25,31(35)41)27(16-23-11-8-12-26(33)15-23)28(38)21-36-20-22-9-6-5-7-10-22/h5-12,15,17-18,27-28,36,38H,3-4,13-14,16,19-21H2,1-2H3,(H2,34,39)(H2,35,41)/t27-,28+,32?/m1/s1. The predicted octanol–water partition coefficient (Wildman–Crippen LogP) is 3.62. The third-order valence-corrected chi connectivity index (χ3v) is 8.01. The van der Waals surface area contributed by atoms with Gasteiger partial charge in [0.25, 0.3) is 0 Å². The molecule has 9 heteroatoms. The van der Waals surface area contributed by atoms with Crippen molar-refractivity contribution in [3.05, 3.63) is 93.5 Å². The fourth-order valence-electron chi connectivity index (χ4n) is 5.52. The number of hydrogen-bond donors (Lipinski definition) is 4. The Morgan fingerprint density at radius 2 is 1.68 bits per heavy atom. The van der Waals surface area contributed by atoms with Gasteiger partial charge in [0.1, 0.15) is 0 Å². The molecule has 8 nitrogen and oxygen atoms in total. The molecule has 41 heavy (non-hydrogen) atoms. The molecule has 2 aromatic rings.